The number of carbonyl (C=O) groups excluding carboxylic acids is 4. The van der Waals surface area contributed by atoms with Crippen molar-refractivity contribution in [1.29, 1.82) is 0 Å². The van der Waals surface area contributed by atoms with Gasteiger partial charge in [-0.3, -0.25) is 9.59 Å². The van der Waals surface area contributed by atoms with Gasteiger partial charge in [0, 0.05) is 19.3 Å². The molecule has 1 atom stereocenters. The SMILES string of the molecule is CCCCOC(=O)Oc1ccc(C[C@](N)(CCOC(=O)CC)C(=O)OC)cc1OC(=O)OCCCC. The van der Waals surface area contributed by atoms with Crippen LogP contribution in [-0.2, 0) is 35.0 Å². The van der Waals surface area contributed by atoms with Crippen LogP contribution in [0, 0.1) is 0 Å². The molecule has 0 bridgehead atoms. The molecule has 0 saturated carbocycles. The summed E-state index contributed by atoms with van der Waals surface area (Å²) in [5.41, 5.74) is 5.25. The molecule has 0 unspecified atom stereocenters. The first-order valence-electron chi connectivity index (χ1n) is 12.0. The minimum Gasteiger partial charge on any atom is -0.468 e. The fourth-order valence-corrected chi connectivity index (χ4v) is 2.94. The Morgan fingerprint density at radius 1 is 0.833 bits per heavy atom. The minimum absolute atomic E-state index is 0.0112. The maximum absolute atomic E-state index is 12.5. The number of rotatable bonds is 15. The molecule has 36 heavy (non-hydrogen) atoms. The Morgan fingerprint density at radius 2 is 1.42 bits per heavy atom. The molecular formula is C25H37NO10. The van der Waals surface area contributed by atoms with E-state index in [-0.39, 0.29) is 50.6 Å². The lowest BCUT2D eigenvalue weighted by atomic mass is 9.88. The normalized spacial score (nSPS) is 12.1. The van der Waals surface area contributed by atoms with Gasteiger partial charge in [0.1, 0.15) is 5.54 Å². The van der Waals surface area contributed by atoms with Crippen molar-refractivity contribution in [1.82, 2.24) is 0 Å². The monoisotopic (exact) mass is 511 g/mol. The van der Waals surface area contributed by atoms with Crippen LogP contribution in [0.2, 0.25) is 0 Å². The second-order valence-electron chi connectivity index (χ2n) is 8.04. The zero-order valence-electron chi connectivity index (χ0n) is 21.5. The second-order valence-corrected chi connectivity index (χ2v) is 8.04. The van der Waals surface area contributed by atoms with Gasteiger partial charge in [-0.15, -0.1) is 0 Å². The third-order valence-corrected chi connectivity index (χ3v) is 5.04. The highest BCUT2D eigenvalue weighted by molar-refractivity contribution is 5.81. The topological polar surface area (TPSA) is 150 Å². The zero-order chi connectivity index (χ0) is 27.0. The van der Waals surface area contributed by atoms with Gasteiger partial charge in [-0.05, 0) is 30.5 Å². The highest BCUT2D eigenvalue weighted by Crippen LogP contribution is 2.31. The van der Waals surface area contributed by atoms with Crippen LogP contribution in [0.3, 0.4) is 0 Å². The molecule has 0 saturated heterocycles. The first kappa shape index (κ1) is 30.7. The van der Waals surface area contributed by atoms with Crippen molar-refractivity contribution < 1.29 is 47.6 Å². The van der Waals surface area contributed by atoms with E-state index in [1.165, 1.54) is 19.2 Å². The molecule has 0 aliphatic heterocycles. The standard InChI is InChI=1S/C25H37NO10/c1-5-8-13-33-23(29)35-19-11-10-18(16-20(19)36-24(30)34-14-9-6-2)17-25(26,22(28)31-4)12-15-32-21(27)7-3/h10-11,16H,5-9,12-15,17,26H2,1-4H3/t25-/m1/s1. The van der Waals surface area contributed by atoms with Crippen LogP contribution in [0.1, 0.15) is 64.9 Å². The van der Waals surface area contributed by atoms with Crippen LogP contribution in [0.15, 0.2) is 18.2 Å². The van der Waals surface area contributed by atoms with Crippen molar-refractivity contribution >= 4 is 24.2 Å². The predicted octanol–water partition coefficient (Wildman–Crippen LogP) is 4.07. The summed E-state index contributed by atoms with van der Waals surface area (Å²) >= 11 is 0. The molecule has 1 aromatic carbocycles. The molecule has 0 fully saturated rings. The lowest BCUT2D eigenvalue weighted by Gasteiger charge is -2.26. The van der Waals surface area contributed by atoms with E-state index >= 15 is 0 Å². The summed E-state index contributed by atoms with van der Waals surface area (Å²) < 4.78 is 30.4. The molecule has 0 radical (unpaired) electrons. The van der Waals surface area contributed by atoms with Crippen molar-refractivity contribution in [2.75, 3.05) is 26.9 Å². The van der Waals surface area contributed by atoms with Gasteiger partial charge in [0.2, 0.25) is 0 Å². The Hall–Kier alpha value is -3.34. The van der Waals surface area contributed by atoms with Gasteiger partial charge in [-0.1, -0.05) is 39.7 Å². The van der Waals surface area contributed by atoms with Gasteiger partial charge in [-0.2, -0.15) is 0 Å². The van der Waals surface area contributed by atoms with E-state index in [4.69, 9.17) is 34.2 Å². The Labute approximate surface area is 211 Å². The van der Waals surface area contributed by atoms with E-state index < -0.39 is 29.8 Å². The molecule has 0 aromatic heterocycles. The van der Waals surface area contributed by atoms with Crippen LogP contribution in [0.4, 0.5) is 9.59 Å². The molecule has 0 aliphatic carbocycles. The first-order valence-corrected chi connectivity index (χ1v) is 12.0. The largest absolute Gasteiger partial charge is 0.513 e. The summed E-state index contributed by atoms with van der Waals surface area (Å²) in [5, 5.41) is 0. The number of hydrogen-bond acceptors (Lipinski definition) is 11. The number of nitrogens with two attached hydrogens (primary N) is 1. The average molecular weight is 512 g/mol. The van der Waals surface area contributed by atoms with Crippen LogP contribution >= 0.6 is 0 Å². The van der Waals surface area contributed by atoms with Crippen molar-refractivity contribution in [2.45, 2.75) is 71.3 Å². The van der Waals surface area contributed by atoms with Crippen molar-refractivity contribution in [3.8, 4) is 11.5 Å². The molecule has 1 rings (SSSR count). The van der Waals surface area contributed by atoms with E-state index in [9.17, 15) is 19.2 Å². The third-order valence-electron chi connectivity index (χ3n) is 5.04. The Bertz CT molecular complexity index is 872. The molecule has 1 aromatic rings. The van der Waals surface area contributed by atoms with Crippen molar-refractivity contribution in [2.24, 2.45) is 5.73 Å². The summed E-state index contributed by atoms with van der Waals surface area (Å²) in [5.74, 6) is -1.33. The summed E-state index contributed by atoms with van der Waals surface area (Å²) in [6.07, 6.45) is 1.16. The number of unbranched alkanes of at least 4 members (excludes halogenated alkanes) is 2. The van der Waals surface area contributed by atoms with E-state index in [1.807, 2.05) is 13.8 Å². The molecule has 0 heterocycles. The van der Waals surface area contributed by atoms with Gasteiger partial charge in [0.05, 0.1) is 26.9 Å². The molecule has 11 heteroatoms. The summed E-state index contributed by atoms with van der Waals surface area (Å²) in [6, 6.07) is 4.34. The number of methoxy groups -OCH3 is 1. The van der Waals surface area contributed by atoms with E-state index in [2.05, 4.69) is 0 Å². The van der Waals surface area contributed by atoms with Gasteiger partial charge < -0.3 is 34.2 Å². The van der Waals surface area contributed by atoms with Gasteiger partial charge in [0.25, 0.3) is 0 Å². The van der Waals surface area contributed by atoms with E-state index in [0.717, 1.165) is 12.8 Å². The average Bonchev–Trinajstić information content (AvgIpc) is 2.85. The molecule has 0 aliphatic rings. The van der Waals surface area contributed by atoms with Crippen molar-refractivity contribution in [3.63, 3.8) is 0 Å². The summed E-state index contributed by atoms with van der Waals surface area (Å²) in [6.45, 7) is 5.79. The van der Waals surface area contributed by atoms with Crippen LogP contribution in [0.25, 0.3) is 0 Å². The maximum atomic E-state index is 12.5. The van der Waals surface area contributed by atoms with Gasteiger partial charge >= 0.3 is 24.2 Å². The molecule has 202 valence electrons. The van der Waals surface area contributed by atoms with Crippen molar-refractivity contribution in [3.05, 3.63) is 23.8 Å². The van der Waals surface area contributed by atoms with E-state index in [0.29, 0.717) is 18.4 Å². The minimum atomic E-state index is -1.54. The maximum Gasteiger partial charge on any atom is 0.513 e. The van der Waals surface area contributed by atoms with Gasteiger partial charge in [0.15, 0.2) is 11.5 Å². The number of benzene rings is 1. The van der Waals surface area contributed by atoms with Crippen LogP contribution in [-0.4, -0.2) is 56.7 Å². The van der Waals surface area contributed by atoms with Gasteiger partial charge in [-0.25, -0.2) is 9.59 Å². The molecule has 0 spiro atoms. The highest BCUT2D eigenvalue weighted by Gasteiger charge is 2.36. The molecular weight excluding hydrogens is 474 g/mol. The number of carbonyl (C=O) groups is 4. The zero-order valence-corrected chi connectivity index (χ0v) is 21.5. The highest BCUT2D eigenvalue weighted by atomic mass is 16.7. The number of hydrogen-bond donors (Lipinski definition) is 1. The Morgan fingerprint density at radius 3 is 1.94 bits per heavy atom. The third kappa shape index (κ3) is 10.9. The first-order chi connectivity index (χ1) is 17.2. The quantitative estimate of drug-likeness (QED) is 0.157. The Kier molecular flexibility index (Phi) is 13.9. The lowest BCUT2D eigenvalue weighted by molar-refractivity contribution is -0.151. The predicted molar refractivity (Wildman–Crippen MR) is 129 cm³/mol. The fraction of sp³-hybridized carbons (Fsp3) is 0.600. The molecule has 2 N–H and O–H groups in total. The Balaban J connectivity index is 3.12. The van der Waals surface area contributed by atoms with Crippen LogP contribution < -0.4 is 15.2 Å². The number of esters is 2. The van der Waals surface area contributed by atoms with Crippen LogP contribution in [0.5, 0.6) is 11.5 Å². The number of ether oxygens (including phenoxy) is 6. The fourth-order valence-electron chi connectivity index (χ4n) is 2.94. The summed E-state index contributed by atoms with van der Waals surface area (Å²) in [7, 11) is 1.20. The summed E-state index contributed by atoms with van der Waals surface area (Å²) in [4.78, 5) is 48.1. The molecule has 0 amide bonds. The smallest absolute Gasteiger partial charge is 0.468 e. The van der Waals surface area contributed by atoms with E-state index in [1.54, 1.807) is 13.0 Å². The lowest BCUT2D eigenvalue weighted by Crippen LogP contribution is -2.51. The molecule has 11 nitrogen and oxygen atoms in total. The second kappa shape index (κ2) is 16.4.